The van der Waals surface area contributed by atoms with Crippen LogP contribution in [0.3, 0.4) is 0 Å². The number of esters is 1. The van der Waals surface area contributed by atoms with Crippen LogP contribution in [-0.2, 0) is 16.1 Å². The molecule has 0 saturated carbocycles. The number of nitrogens with zero attached hydrogens (tertiary/aromatic N) is 1. The molecule has 2 aromatic heterocycles. The minimum Gasteiger partial charge on any atom is -0.461 e. The van der Waals surface area contributed by atoms with Crippen LogP contribution in [0, 0.1) is 5.92 Å². The summed E-state index contributed by atoms with van der Waals surface area (Å²) in [6.45, 7) is 1.53. The van der Waals surface area contributed by atoms with Crippen molar-refractivity contribution in [3.05, 3.63) is 57.6 Å². The lowest BCUT2D eigenvalue weighted by Gasteiger charge is -2.30. The van der Waals surface area contributed by atoms with Gasteiger partial charge in [0, 0.05) is 23.4 Å². The molecule has 1 amide bonds. The summed E-state index contributed by atoms with van der Waals surface area (Å²) in [5, 5.41) is 5.12. The van der Waals surface area contributed by atoms with E-state index in [9.17, 15) is 9.59 Å². The summed E-state index contributed by atoms with van der Waals surface area (Å²) in [6.07, 6.45) is 1.33. The molecule has 6 heteroatoms. The van der Waals surface area contributed by atoms with Crippen LogP contribution in [0.25, 0.3) is 10.1 Å². The van der Waals surface area contributed by atoms with Crippen molar-refractivity contribution in [1.29, 1.82) is 0 Å². The highest BCUT2D eigenvalue weighted by molar-refractivity contribution is 7.17. The Balaban J connectivity index is 1.30. The van der Waals surface area contributed by atoms with Crippen molar-refractivity contribution in [2.24, 2.45) is 5.92 Å². The van der Waals surface area contributed by atoms with E-state index < -0.39 is 0 Å². The van der Waals surface area contributed by atoms with E-state index in [-0.39, 0.29) is 17.8 Å². The fraction of sp³-hybridized carbons (Fsp3) is 0.300. The van der Waals surface area contributed by atoms with Gasteiger partial charge in [0.1, 0.15) is 6.61 Å². The van der Waals surface area contributed by atoms with E-state index in [0.717, 1.165) is 15.8 Å². The number of carbonyl (C=O) groups excluding carboxylic acids is 2. The maximum atomic E-state index is 12.4. The number of thiophene rings is 2. The molecule has 4 rings (SSSR count). The van der Waals surface area contributed by atoms with Crippen LogP contribution in [0.5, 0.6) is 0 Å². The predicted octanol–water partition coefficient (Wildman–Crippen LogP) is 4.56. The molecule has 1 aliphatic heterocycles. The Labute approximate surface area is 160 Å². The Morgan fingerprint density at radius 1 is 1.08 bits per heavy atom. The topological polar surface area (TPSA) is 46.6 Å². The molecular weight excluding hydrogens is 366 g/mol. The number of likely N-dealkylation sites (tertiary alicyclic amines) is 1. The Hall–Kier alpha value is -2.18. The third kappa shape index (κ3) is 3.52. The molecule has 0 bridgehead atoms. The standard InChI is InChI=1S/C20H19NO3S2/c22-19(18-6-3-11-25-18)21-9-7-14(8-10-21)20(23)24-12-15-13-26-17-5-2-1-4-16(15)17/h1-6,11,13-14H,7-10,12H2. The van der Waals surface area contributed by atoms with Crippen LogP contribution >= 0.6 is 22.7 Å². The number of carbonyl (C=O) groups is 2. The van der Waals surface area contributed by atoms with Crippen LogP contribution < -0.4 is 0 Å². The molecule has 1 fully saturated rings. The van der Waals surface area contributed by atoms with Gasteiger partial charge in [-0.15, -0.1) is 22.7 Å². The lowest BCUT2D eigenvalue weighted by Crippen LogP contribution is -2.40. The SMILES string of the molecule is O=C(OCc1csc2ccccc12)C1CCN(C(=O)c2cccs2)CC1. The summed E-state index contributed by atoms with van der Waals surface area (Å²) in [5.41, 5.74) is 1.06. The van der Waals surface area contributed by atoms with E-state index >= 15 is 0 Å². The Morgan fingerprint density at radius 3 is 2.65 bits per heavy atom. The van der Waals surface area contributed by atoms with Crippen LogP contribution in [0.1, 0.15) is 28.1 Å². The average Bonchev–Trinajstić information content (AvgIpc) is 3.36. The highest BCUT2D eigenvalue weighted by Crippen LogP contribution is 2.27. The fourth-order valence-electron chi connectivity index (χ4n) is 3.29. The second-order valence-electron chi connectivity index (χ2n) is 6.41. The largest absolute Gasteiger partial charge is 0.461 e. The summed E-state index contributed by atoms with van der Waals surface area (Å²) in [7, 11) is 0. The van der Waals surface area contributed by atoms with Crippen molar-refractivity contribution >= 4 is 44.6 Å². The van der Waals surface area contributed by atoms with Crippen molar-refractivity contribution in [3.8, 4) is 0 Å². The second-order valence-corrected chi connectivity index (χ2v) is 8.27. The van der Waals surface area contributed by atoms with Gasteiger partial charge >= 0.3 is 5.97 Å². The highest BCUT2D eigenvalue weighted by atomic mass is 32.1. The first-order chi connectivity index (χ1) is 12.7. The number of ether oxygens (including phenoxy) is 1. The zero-order valence-electron chi connectivity index (χ0n) is 14.2. The molecule has 0 atom stereocenters. The number of rotatable bonds is 4. The van der Waals surface area contributed by atoms with Crippen molar-refractivity contribution in [2.45, 2.75) is 19.4 Å². The Kier molecular flexibility index (Phi) is 5.04. The number of fused-ring (bicyclic) bond motifs is 1. The van der Waals surface area contributed by atoms with Gasteiger partial charge in [-0.05, 0) is 41.1 Å². The average molecular weight is 386 g/mol. The molecular formula is C20H19NO3S2. The van der Waals surface area contributed by atoms with Crippen molar-refractivity contribution in [3.63, 3.8) is 0 Å². The van der Waals surface area contributed by atoms with Crippen molar-refractivity contribution in [1.82, 2.24) is 4.90 Å². The van der Waals surface area contributed by atoms with E-state index in [2.05, 4.69) is 17.5 Å². The second kappa shape index (κ2) is 7.60. The first-order valence-corrected chi connectivity index (χ1v) is 10.4. The molecule has 0 unspecified atom stereocenters. The van der Waals surface area contributed by atoms with Gasteiger partial charge in [0.05, 0.1) is 10.8 Å². The summed E-state index contributed by atoms with van der Waals surface area (Å²) >= 11 is 3.13. The maximum absolute atomic E-state index is 12.4. The minimum atomic E-state index is -0.150. The predicted molar refractivity (Wildman–Crippen MR) is 105 cm³/mol. The summed E-state index contributed by atoms with van der Waals surface area (Å²) in [6, 6.07) is 11.9. The molecule has 3 aromatic rings. The van der Waals surface area contributed by atoms with Gasteiger partial charge < -0.3 is 9.64 Å². The van der Waals surface area contributed by atoms with Gasteiger partial charge in [-0.25, -0.2) is 0 Å². The number of amides is 1. The number of hydrogen-bond donors (Lipinski definition) is 0. The molecule has 0 spiro atoms. The molecule has 134 valence electrons. The molecule has 26 heavy (non-hydrogen) atoms. The van der Waals surface area contributed by atoms with Crippen LogP contribution in [0.2, 0.25) is 0 Å². The van der Waals surface area contributed by atoms with Gasteiger partial charge in [-0.1, -0.05) is 24.3 Å². The number of piperidine rings is 1. The smallest absolute Gasteiger partial charge is 0.309 e. The van der Waals surface area contributed by atoms with Gasteiger partial charge in [-0.3, -0.25) is 9.59 Å². The van der Waals surface area contributed by atoms with Crippen molar-refractivity contribution < 1.29 is 14.3 Å². The Morgan fingerprint density at radius 2 is 1.88 bits per heavy atom. The monoisotopic (exact) mass is 385 g/mol. The first-order valence-electron chi connectivity index (χ1n) is 8.67. The van der Waals surface area contributed by atoms with E-state index in [1.807, 2.05) is 34.5 Å². The molecule has 1 aromatic carbocycles. The van der Waals surface area contributed by atoms with Crippen LogP contribution in [0.15, 0.2) is 47.2 Å². The Bertz CT molecular complexity index is 908. The van der Waals surface area contributed by atoms with Gasteiger partial charge in [0.2, 0.25) is 0 Å². The summed E-state index contributed by atoms with van der Waals surface area (Å²) in [5.74, 6) is -0.202. The van der Waals surface area contributed by atoms with Crippen LogP contribution in [-0.4, -0.2) is 29.9 Å². The molecule has 4 nitrogen and oxygen atoms in total. The van der Waals surface area contributed by atoms with E-state index in [0.29, 0.717) is 32.5 Å². The van der Waals surface area contributed by atoms with E-state index in [1.54, 1.807) is 11.3 Å². The summed E-state index contributed by atoms with van der Waals surface area (Å²) < 4.78 is 6.78. The number of benzene rings is 1. The van der Waals surface area contributed by atoms with E-state index in [4.69, 9.17) is 4.74 Å². The van der Waals surface area contributed by atoms with Gasteiger partial charge in [-0.2, -0.15) is 0 Å². The van der Waals surface area contributed by atoms with Gasteiger partial charge in [0.25, 0.3) is 5.91 Å². The lowest BCUT2D eigenvalue weighted by molar-refractivity contribution is -0.151. The van der Waals surface area contributed by atoms with Crippen LogP contribution in [0.4, 0.5) is 0 Å². The molecule has 0 N–H and O–H groups in total. The molecule has 3 heterocycles. The minimum absolute atomic E-state index is 0.0663. The normalized spacial score (nSPS) is 15.3. The molecule has 0 aliphatic carbocycles. The maximum Gasteiger partial charge on any atom is 0.309 e. The third-order valence-corrected chi connectivity index (χ3v) is 6.65. The molecule has 1 saturated heterocycles. The number of hydrogen-bond acceptors (Lipinski definition) is 5. The van der Waals surface area contributed by atoms with Crippen molar-refractivity contribution in [2.75, 3.05) is 13.1 Å². The zero-order chi connectivity index (χ0) is 17.9. The van der Waals surface area contributed by atoms with E-state index in [1.165, 1.54) is 16.0 Å². The first kappa shape index (κ1) is 17.2. The fourth-order valence-corrected chi connectivity index (χ4v) is 4.92. The zero-order valence-corrected chi connectivity index (χ0v) is 15.9. The van der Waals surface area contributed by atoms with Gasteiger partial charge in [0.15, 0.2) is 0 Å². The quantitative estimate of drug-likeness (QED) is 0.619. The molecule has 1 aliphatic rings. The summed E-state index contributed by atoms with van der Waals surface area (Å²) in [4.78, 5) is 27.4. The molecule has 0 radical (unpaired) electrons. The highest BCUT2D eigenvalue weighted by Gasteiger charge is 2.29. The lowest BCUT2D eigenvalue weighted by atomic mass is 9.97. The third-order valence-electron chi connectivity index (χ3n) is 4.78.